The van der Waals surface area contributed by atoms with Gasteiger partial charge in [-0.1, -0.05) is 58.4 Å². The summed E-state index contributed by atoms with van der Waals surface area (Å²) in [5.74, 6) is -1.58. The summed E-state index contributed by atoms with van der Waals surface area (Å²) in [5, 5.41) is 31.1. The molecule has 2 N–H and O–H groups in total. The van der Waals surface area contributed by atoms with E-state index in [2.05, 4.69) is 15.2 Å². The molecule has 1 atom stereocenters. The molecule has 40 heavy (non-hydrogen) atoms. The second-order valence-corrected chi connectivity index (χ2v) is 11.5. The van der Waals surface area contributed by atoms with E-state index in [0.717, 1.165) is 16.9 Å². The molecule has 1 amide bonds. The lowest BCUT2D eigenvalue weighted by Crippen LogP contribution is -2.29. The van der Waals surface area contributed by atoms with Crippen molar-refractivity contribution in [3.05, 3.63) is 93.2 Å². The van der Waals surface area contributed by atoms with Crippen molar-refractivity contribution in [1.82, 2.24) is 15.2 Å². The van der Waals surface area contributed by atoms with Crippen LogP contribution in [0, 0.1) is 0 Å². The number of carbonyl (C=O) groups is 2. The molecule has 4 aromatic rings. The van der Waals surface area contributed by atoms with Crippen LogP contribution in [0.3, 0.4) is 0 Å². The number of phenols is 1. The molecule has 0 radical (unpaired) electrons. The van der Waals surface area contributed by atoms with Gasteiger partial charge in [0.25, 0.3) is 5.78 Å². The Morgan fingerprint density at radius 1 is 1.10 bits per heavy atom. The Bertz CT molecular complexity index is 1630. The molecule has 9 nitrogen and oxygen atoms in total. The lowest BCUT2D eigenvalue weighted by atomic mass is 9.95. The van der Waals surface area contributed by atoms with E-state index in [0.29, 0.717) is 31.3 Å². The highest BCUT2D eigenvalue weighted by Gasteiger charge is 2.48. The summed E-state index contributed by atoms with van der Waals surface area (Å²) in [4.78, 5) is 31.9. The number of anilines is 1. The number of halogens is 2. The summed E-state index contributed by atoms with van der Waals surface area (Å²) >= 11 is 14.8. The maximum absolute atomic E-state index is 13.4. The third-order valence-electron chi connectivity index (χ3n) is 5.97. The zero-order chi connectivity index (χ0) is 28.4. The van der Waals surface area contributed by atoms with E-state index in [1.165, 1.54) is 53.3 Å². The van der Waals surface area contributed by atoms with E-state index in [4.69, 9.17) is 27.9 Å². The number of aliphatic hydroxyl groups excluding tert-OH is 1. The molecule has 0 saturated carbocycles. The maximum Gasteiger partial charge on any atom is 0.301 e. The molecule has 1 saturated heterocycles. The molecule has 0 bridgehead atoms. The summed E-state index contributed by atoms with van der Waals surface area (Å²) in [7, 11) is 0. The number of carbonyl (C=O) groups excluding carboxylic acids is 2. The Hall–Kier alpha value is -3.64. The van der Waals surface area contributed by atoms with Crippen LogP contribution < -0.4 is 9.64 Å². The van der Waals surface area contributed by atoms with Gasteiger partial charge in [-0.3, -0.25) is 19.5 Å². The molecule has 0 aliphatic carbocycles. The summed E-state index contributed by atoms with van der Waals surface area (Å²) in [6.07, 6.45) is 2.93. The highest BCUT2D eigenvalue weighted by Crippen LogP contribution is 2.45. The number of amides is 1. The van der Waals surface area contributed by atoms with Gasteiger partial charge in [0.15, 0.2) is 15.8 Å². The Kier molecular flexibility index (Phi) is 8.27. The SMILES string of the molecule is CCOc1cc(C2C(=C(O)c3ccncc3)C(=O)C(=O)N2c2nnc(SCc3ccc(Cl)cc3Cl)s2)ccc1O. The lowest BCUT2D eigenvalue weighted by Gasteiger charge is -2.23. The number of nitrogens with zero attached hydrogens (tertiary/aromatic N) is 4. The van der Waals surface area contributed by atoms with Crippen molar-refractivity contribution >= 4 is 68.9 Å². The van der Waals surface area contributed by atoms with Crippen molar-refractivity contribution in [2.75, 3.05) is 11.5 Å². The Morgan fingerprint density at radius 3 is 2.60 bits per heavy atom. The number of rotatable bonds is 8. The van der Waals surface area contributed by atoms with E-state index in [1.54, 1.807) is 25.1 Å². The molecule has 13 heteroatoms. The number of phenolic OH excluding ortho intramolecular Hbond substituents is 1. The molecule has 1 aliphatic heterocycles. The standard InChI is InChI=1S/C27H20Cl2N4O5S2/c1-2-38-20-11-15(4-6-19(20)34)22-21(23(35)14-7-9-30-10-8-14)24(36)25(37)33(22)26-31-32-27(40-26)39-13-16-3-5-17(28)12-18(16)29/h3-12,22,34-35H,2,13H2,1H3. The maximum atomic E-state index is 13.4. The second kappa shape index (κ2) is 11.8. The molecular formula is C27H20Cl2N4O5S2. The number of ketones is 1. The van der Waals surface area contributed by atoms with Gasteiger partial charge in [0.05, 0.1) is 18.2 Å². The number of ether oxygens (including phenoxy) is 1. The van der Waals surface area contributed by atoms with Gasteiger partial charge in [0.2, 0.25) is 5.13 Å². The fourth-order valence-electron chi connectivity index (χ4n) is 4.12. The summed E-state index contributed by atoms with van der Waals surface area (Å²) in [6, 6.07) is 11.7. The first-order chi connectivity index (χ1) is 19.3. The van der Waals surface area contributed by atoms with Crippen LogP contribution in [0.25, 0.3) is 5.76 Å². The Labute approximate surface area is 247 Å². The molecule has 3 heterocycles. The van der Waals surface area contributed by atoms with Gasteiger partial charge >= 0.3 is 5.91 Å². The number of hydrogen-bond donors (Lipinski definition) is 2. The lowest BCUT2D eigenvalue weighted by molar-refractivity contribution is -0.132. The number of aliphatic hydroxyl groups is 1. The number of aromatic nitrogens is 3. The van der Waals surface area contributed by atoms with E-state index in [-0.39, 0.29) is 34.6 Å². The van der Waals surface area contributed by atoms with Gasteiger partial charge in [-0.2, -0.15) is 0 Å². The van der Waals surface area contributed by atoms with Gasteiger partial charge in [0.1, 0.15) is 5.76 Å². The van der Waals surface area contributed by atoms with Gasteiger partial charge in [0, 0.05) is 33.8 Å². The van der Waals surface area contributed by atoms with Crippen molar-refractivity contribution in [2.45, 2.75) is 23.1 Å². The summed E-state index contributed by atoms with van der Waals surface area (Å²) < 4.78 is 6.07. The highest BCUT2D eigenvalue weighted by atomic mass is 35.5. The van der Waals surface area contributed by atoms with Crippen molar-refractivity contribution in [3.8, 4) is 11.5 Å². The second-order valence-electron chi connectivity index (χ2n) is 8.44. The normalized spacial score (nSPS) is 16.5. The van der Waals surface area contributed by atoms with Crippen LogP contribution in [0.1, 0.15) is 29.7 Å². The van der Waals surface area contributed by atoms with E-state index >= 15 is 0 Å². The van der Waals surface area contributed by atoms with Crippen LogP contribution in [-0.4, -0.2) is 43.7 Å². The topological polar surface area (TPSA) is 126 Å². The van der Waals surface area contributed by atoms with Gasteiger partial charge < -0.3 is 14.9 Å². The fraction of sp³-hybridized carbons (Fsp3) is 0.148. The minimum absolute atomic E-state index is 0.104. The predicted molar refractivity (Wildman–Crippen MR) is 154 cm³/mol. The minimum atomic E-state index is -1.07. The van der Waals surface area contributed by atoms with Crippen LogP contribution in [0.2, 0.25) is 10.0 Å². The molecule has 2 aromatic carbocycles. The van der Waals surface area contributed by atoms with Crippen LogP contribution in [0.4, 0.5) is 5.13 Å². The van der Waals surface area contributed by atoms with Crippen molar-refractivity contribution in [3.63, 3.8) is 0 Å². The van der Waals surface area contributed by atoms with Crippen molar-refractivity contribution in [1.29, 1.82) is 0 Å². The van der Waals surface area contributed by atoms with Crippen LogP contribution in [0.15, 0.2) is 70.8 Å². The first-order valence-corrected chi connectivity index (χ1v) is 14.4. The average molecular weight is 616 g/mol. The van der Waals surface area contributed by atoms with Crippen LogP contribution in [0.5, 0.6) is 11.5 Å². The number of benzene rings is 2. The molecule has 204 valence electrons. The smallest absolute Gasteiger partial charge is 0.301 e. The third kappa shape index (κ3) is 5.50. The number of Topliss-reactive ketones (excluding diaryl/α,β-unsaturated/α-hetero) is 1. The van der Waals surface area contributed by atoms with E-state index in [9.17, 15) is 19.8 Å². The number of aromatic hydroxyl groups is 1. The van der Waals surface area contributed by atoms with Crippen LogP contribution >= 0.6 is 46.3 Å². The van der Waals surface area contributed by atoms with Gasteiger partial charge in [-0.25, -0.2) is 0 Å². The molecular weight excluding hydrogens is 595 g/mol. The monoisotopic (exact) mass is 614 g/mol. The molecule has 1 unspecified atom stereocenters. The van der Waals surface area contributed by atoms with Crippen molar-refractivity contribution < 1.29 is 24.5 Å². The Morgan fingerprint density at radius 2 is 1.88 bits per heavy atom. The summed E-state index contributed by atoms with van der Waals surface area (Å²) in [6.45, 7) is 2.04. The van der Waals surface area contributed by atoms with E-state index < -0.39 is 17.7 Å². The molecule has 1 fully saturated rings. The quantitative estimate of drug-likeness (QED) is 0.0776. The first kappa shape index (κ1) is 27.9. The van der Waals surface area contributed by atoms with Crippen LogP contribution in [-0.2, 0) is 15.3 Å². The Balaban J connectivity index is 1.56. The third-order valence-corrected chi connectivity index (χ3v) is 8.66. The van der Waals surface area contributed by atoms with E-state index in [1.807, 2.05) is 6.07 Å². The summed E-state index contributed by atoms with van der Waals surface area (Å²) in [5.41, 5.74) is 1.45. The predicted octanol–water partition coefficient (Wildman–Crippen LogP) is 6.26. The number of thioether (sulfide) groups is 1. The minimum Gasteiger partial charge on any atom is -0.507 e. The zero-order valence-corrected chi connectivity index (χ0v) is 23.9. The molecule has 1 aliphatic rings. The van der Waals surface area contributed by atoms with Crippen molar-refractivity contribution in [2.24, 2.45) is 0 Å². The fourth-order valence-corrected chi connectivity index (χ4v) is 6.54. The zero-order valence-electron chi connectivity index (χ0n) is 20.7. The van der Waals surface area contributed by atoms with Gasteiger partial charge in [-0.15, -0.1) is 10.2 Å². The first-order valence-electron chi connectivity index (χ1n) is 11.9. The number of pyridine rings is 1. The average Bonchev–Trinajstić information content (AvgIpc) is 3.51. The molecule has 2 aromatic heterocycles. The molecule has 0 spiro atoms. The number of hydrogen-bond acceptors (Lipinski definition) is 10. The van der Waals surface area contributed by atoms with Gasteiger partial charge in [-0.05, 0) is 54.4 Å². The largest absolute Gasteiger partial charge is 0.507 e. The molecule has 5 rings (SSSR count). The highest BCUT2D eigenvalue weighted by molar-refractivity contribution is 8.00.